The highest BCUT2D eigenvalue weighted by atomic mass is 16.6. The molecule has 2 aromatic rings. The van der Waals surface area contributed by atoms with Crippen LogP contribution in [0.5, 0.6) is 0 Å². The van der Waals surface area contributed by atoms with Crippen LogP contribution in [0.15, 0.2) is 42.5 Å². The van der Waals surface area contributed by atoms with E-state index in [1.807, 2.05) is 0 Å². The van der Waals surface area contributed by atoms with Gasteiger partial charge in [-0.1, -0.05) is 11.6 Å². The topological polar surface area (TPSA) is 97.6 Å². The highest BCUT2D eigenvalue weighted by Gasteiger charge is 2.40. The number of carbonyl (C=O) groups excluding carboxylic acids is 3. The minimum Gasteiger partial charge on any atom is -0.283 e. The maximum absolute atomic E-state index is 12.5. The molecule has 0 N–H and O–H groups in total. The van der Waals surface area contributed by atoms with Crippen molar-refractivity contribution in [2.75, 3.05) is 4.90 Å². The molecule has 0 saturated heterocycles. The number of amides is 2. The van der Waals surface area contributed by atoms with Crippen LogP contribution < -0.4 is 4.90 Å². The Kier molecular flexibility index (Phi) is 3.25. The molecular formula is C16H10N2O5. The second kappa shape index (κ2) is 5.13. The van der Waals surface area contributed by atoms with Crippen LogP contribution in [0.25, 0.3) is 0 Å². The molecule has 7 nitrogen and oxygen atoms in total. The average molecular weight is 310 g/mol. The summed E-state index contributed by atoms with van der Waals surface area (Å²) in [6.07, 6.45) is 0. The van der Waals surface area contributed by atoms with Gasteiger partial charge in [-0.15, -0.1) is 0 Å². The van der Waals surface area contributed by atoms with Crippen molar-refractivity contribution < 1.29 is 19.3 Å². The summed E-state index contributed by atoms with van der Waals surface area (Å²) in [5.74, 6) is -2.35. The molecule has 7 heteroatoms. The van der Waals surface area contributed by atoms with Crippen molar-refractivity contribution in [3.05, 3.63) is 69.3 Å². The van der Waals surface area contributed by atoms with Gasteiger partial charge in [-0.3, -0.25) is 24.5 Å². The molecule has 3 rings (SSSR count). The van der Waals surface area contributed by atoms with E-state index in [4.69, 9.17) is 0 Å². The summed E-state index contributed by atoms with van der Waals surface area (Å²) in [7, 11) is 0. The number of benzene rings is 2. The lowest BCUT2D eigenvalue weighted by Crippen LogP contribution is -2.35. The first-order valence-electron chi connectivity index (χ1n) is 6.68. The number of nitro benzene ring substituents is 1. The summed E-state index contributed by atoms with van der Waals surface area (Å²) in [6.45, 7) is 1.78. The van der Waals surface area contributed by atoms with Gasteiger partial charge in [0.2, 0.25) is 0 Å². The Morgan fingerprint density at radius 3 is 2.35 bits per heavy atom. The van der Waals surface area contributed by atoms with Crippen molar-refractivity contribution in [1.82, 2.24) is 0 Å². The molecule has 2 aromatic carbocycles. The maximum atomic E-state index is 12.5. The second-order valence-electron chi connectivity index (χ2n) is 5.10. The normalized spacial score (nSPS) is 13.2. The first-order chi connectivity index (χ1) is 10.9. The van der Waals surface area contributed by atoms with Gasteiger partial charge in [0, 0.05) is 17.7 Å². The molecule has 0 aromatic heterocycles. The number of Topliss-reactive ketones (excluding diaryl/α,β-unsaturated/α-hetero) is 1. The van der Waals surface area contributed by atoms with Crippen LogP contribution in [-0.2, 0) is 4.79 Å². The van der Waals surface area contributed by atoms with Gasteiger partial charge in [-0.25, -0.2) is 4.90 Å². The molecule has 0 radical (unpaired) electrons. The van der Waals surface area contributed by atoms with Crippen molar-refractivity contribution >= 4 is 29.0 Å². The van der Waals surface area contributed by atoms with Crippen LogP contribution in [-0.4, -0.2) is 22.5 Å². The van der Waals surface area contributed by atoms with E-state index in [-0.39, 0.29) is 22.5 Å². The fourth-order valence-electron chi connectivity index (χ4n) is 2.41. The van der Waals surface area contributed by atoms with E-state index in [0.717, 1.165) is 10.5 Å². The maximum Gasteiger partial charge on any atom is 0.306 e. The zero-order valence-corrected chi connectivity index (χ0v) is 12.0. The molecular weight excluding hydrogens is 300 g/mol. The van der Waals surface area contributed by atoms with E-state index in [2.05, 4.69) is 0 Å². The number of aryl methyl sites for hydroxylation is 1. The number of hydrogen-bond donors (Lipinski definition) is 0. The number of non-ortho nitro benzene ring substituents is 1. The molecule has 0 atom stereocenters. The van der Waals surface area contributed by atoms with Crippen molar-refractivity contribution in [2.45, 2.75) is 6.92 Å². The van der Waals surface area contributed by atoms with Gasteiger partial charge in [-0.2, -0.15) is 0 Å². The molecule has 0 saturated carbocycles. The molecule has 23 heavy (non-hydrogen) atoms. The van der Waals surface area contributed by atoms with Gasteiger partial charge in [-0.05, 0) is 31.2 Å². The third-order valence-corrected chi connectivity index (χ3v) is 3.56. The SMILES string of the molecule is Cc1ccc2c(c1)C(=O)C(=O)N2C(=O)c1ccc([N+](=O)[O-])cc1. The highest BCUT2D eigenvalue weighted by molar-refractivity contribution is 6.57. The van der Waals surface area contributed by atoms with Crippen LogP contribution in [0.3, 0.4) is 0 Å². The number of imide groups is 1. The standard InChI is InChI=1S/C16H10N2O5/c1-9-2-7-13-12(8-9)14(19)16(21)17(13)15(20)10-3-5-11(6-4-10)18(22)23/h2-8H,1H3. The van der Waals surface area contributed by atoms with E-state index in [1.54, 1.807) is 19.1 Å². The summed E-state index contributed by atoms with van der Waals surface area (Å²) in [4.78, 5) is 47.5. The number of ketones is 1. The average Bonchev–Trinajstić information content (AvgIpc) is 2.78. The van der Waals surface area contributed by atoms with Gasteiger partial charge in [0.25, 0.3) is 17.4 Å². The third kappa shape index (κ3) is 2.28. The fraction of sp³-hybridized carbons (Fsp3) is 0.0625. The van der Waals surface area contributed by atoms with Crippen molar-refractivity contribution in [3.8, 4) is 0 Å². The monoisotopic (exact) mass is 310 g/mol. The predicted molar refractivity (Wildman–Crippen MR) is 80.4 cm³/mol. The zero-order valence-electron chi connectivity index (χ0n) is 12.0. The molecule has 0 bridgehead atoms. The lowest BCUT2D eigenvalue weighted by molar-refractivity contribution is -0.384. The van der Waals surface area contributed by atoms with E-state index in [1.165, 1.54) is 30.3 Å². The van der Waals surface area contributed by atoms with Gasteiger partial charge < -0.3 is 0 Å². The van der Waals surface area contributed by atoms with Crippen molar-refractivity contribution in [2.24, 2.45) is 0 Å². The summed E-state index contributed by atoms with van der Waals surface area (Å²) in [6, 6.07) is 9.64. The number of carbonyl (C=O) groups is 3. The summed E-state index contributed by atoms with van der Waals surface area (Å²) < 4.78 is 0. The Morgan fingerprint density at radius 2 is 1.74 bits per heavy atom. The largest absolute Gasteiger partial charge is 0.306 e. The molecule has 0 fully saturated rings. The zero-order chi connectivity index (χ0) is 16.7. The van der Waals surface area contributed by atoms with Crippen LogP contribution in [0.4, 0.5) is 11.4 Å². The highest BCUT2D eigenvalue weighted by Crippen LogP contribution is 2.31. The van der Waals surface area contributed by atoms with E-state index < -0.39 is 22.5 Å². The Morgan fingerprint density at radius 1 is 1.09 bits per heavy atom. The molecule has 0 aliphatic carbocycles. The van der Waals surface area contributed by atoms with Crippen molar-refractivity contribution in [3.63, 3.8) is 0 Å². The van der Waals surface area contributed by atoms with Crippen LogP contribution in [0.1, 0.15) is 26.3 Å². The minimum absolute atomic E-state index is 0.0881. The van der Waals surface area contributed by atoms with Gasteiger partial charge in [0.1, 0.15) is 0 Å². The third-order valence-electron chi connectivity index (χ3n) is 3.56. The smallest absolute Gasteiger partial charge is 0.283 e. The Balaban J connectivity index is 2.02. The number of nitro groups is 1. The number of hydrogen-bond acceptors (Lipinski definition) is 5. The van der Waals surface area contributed by atoms with Crippen molar-refractivity contribution in [1.29, 1.82) is 0 Å². The van der Waals surface area contributed by atoms with Crippen LogP contribution >= 0.6 is 0 Å². The summed E-state index contributed by atoms with van der Waals surface area (Å²) in [5, 5.41) is 10.6. The lowest BCUT2D eigenvalue weighted by Gasteiger charge is -2.14. The molecule has 1 heterocycles. The van der Waals surface area contributed by atoms with E-state index >= 15 is 0 Å². The van der Waals surface area contributed by atoms with E-state index in [9.17, 15) is 24.5 Å². The fourth-order valence-corrected chi connectivity index (χ4v) is 2.41. The first-order valence-corrected chi connectivity index (χ1v) is 6.68. The molecule has 1 aliphatic rings. The Labute approximate surface area is 130 Å². The van der Waals surface area contributed by atoms with Crippen LogP contribution in [0, 0.1) is 17.0 Å². The number of rotatable bonds is 2. The summed E-state index contributed by atoms with van der Waals surface area (Å²) in [5.41, 5.74) is 1.14. The summed E-state index contributed by atoms with van der Waals surface area (Å²) >= 11 is 0. The van der Waals surface area contributed by atoms with Crippen LogP contribution in [0.2, 0.25) is 0 Å². The lowest BCUT2D eigenvalue weighted by atomic mass is 10.1. The minimum atomic E-state index is -0.922. The number of nitrogens with zero attached hydrogens (tertiary/aromatic N) is 2. The molecule has 1 aliphatic heterocycles. The molecule has 0 unspecified atom stereocenters. The first kappa shape index (κ1) is 14.6. The van der Waals surface area contributed by atoms with Gasteiger partial charge >= 0.3 is 5.91 Å². The Hall–Kier alpha value is -3.35. The molecule has 114 valence electrons. The quantitative estimate of drug-likeness (QED) is 0.367. The number of anilines is 1. The predicted octanol–water partition coefficient (Wildman–Crippen LogP) is 2.27. The molecule has 2 amide bonds. The van der Waals surface area contributed by atoms with E-state index in [0.29, 0.717) is 0 Å². The number of fused-ring (bicyclic) bond motifs is 1. The Bertz CT molecular complexity index is 871. The van der Waals surface area contributed by atoms with Gasteiger partial charge in [0.05, 0.1) is 16.2 Å². The van der Waals surface area contributed by atoms with Gasteiger partial charge in [0.15, 0.2) is 0 Å². The molecule has 0 spiro atoms. The second-order valence-corrected chi connectivity index (χ2v) is 5.10.